The maximum absolute atomic E-state index is 13.1. The third kappa shape index (κ3) is 8.03. The van der Waals surface area contributed by atoms with Gasteiger partial charge in [-0.15, -0.1) is 0 Å². The second kappa shape index (κ2) is 13.3. The summed E-state index contributed by atoms with van der Waals surface area (Å²) in [5.74, 6) is 0.434. The topological polar surface area (TPSA) is 58.6 Å². The highest BCUT2D eigenvalue weighted by Crippen LogP contribution is 2.27. The number of amides is 2. The summed E-state index contributed by atoms with van der Waals surface area (Å²) in [6.07, 6.45) is 2.65. The molecule has 0 saturated heterocycles. The molecule has 0 fully saturated rings. The van der Waals surface area contributed by atoms with Gasteiger partial charge in [0.15, 0.2) is 0 Å². The fourth-order valence-electron chi connectivity index (χ4n) is 3.16. The molecule has 0 spiro atoms. The van der Waals surface area contributed by atoms with E-state index in [1.165, 1.54) is 0 Å². The zero-order valence-corrected chi connectivity index (χ0v) is 20.5. The number of hydrogen-bond acceptors (Lipinski definition) is 3. The molecular weight excluding hydrogens is 447 g/mol. The first-order valence-electron chi connectivity index (χ1n) is 11.0. The third-order valence-corrected chi connectivity index (χ3v) is 5.92. The van der Waals surface area contributed by atoms with Crippen molar-refractivity contribution in [2.24, 2.45) is 0 Å². The number of benzene rings is 2. The molecule has 0 aliphatic rings. The highest BCUT2D eigenvalue weighted by molar-refractivity contribution is 6.36. The van der Waals surface area contributed by atoms with Gasteiger partial charge in [0.05, 0.1) is 6.61 Å². The Labute approximate surface area is 201 Å². The van der Waals surface area contributed by atoms with Gasteiger partial charge in [-0.05, 0) is 51.0 Å². The van der Waals surface area contributed by atoms with Crippen LogP contribution in [0.2, 0.25) is 10.0 Å². The van der Waals surface area contributed by atoms with E-state index in [9.17, 15) is 9.59 Å². The lowest BCUT2D eigenvalue weighted by Crippen LogP contribution is -2.47. The zero-order valence-electron chi connectivity index (χ0n) is 19.0. The second-order valence-corrected chi connectivity index (χ2v) is 8.62. The number of rotatable bonds is 12. The van der Waals surface area contributed by atoms with Crippen LogP contribution in [0.25, 0.3) is 0 Å². The number of aryl methyl sites for hydroxylation is 1. The summed E-state index contributed by atoms with van der Waals surface area (Å²) in [4.78, 5) is 27.3. The molecule has 2 amide bonds. The van der Waals surface area contributed by atoms with Crippen molar-refractivity contribution >= 4 is 35.0 Å². The number of carbonyl (C=O) groups excluding carboxylic acids is 2. The Bertz CT molecular complexity index is 867. The number of nitrogens with one attached hydrogen (secondary N) is 1. The van der Waals surface area contributed by atoms with Crippen LogP contribution in [0.4, 0.5) is 0 Å². The van der Waals surface area contributed by atoms with Gasteiger partial charge >= 0.3 is 0 Å². The minimum Gasteiger partial charge on any atom is -0.494 e. The monoisotopic (exact) mass is 478 g/mol. The standard InChI is InChI=1S/C25H32Cl2N2O3/c1-4-5-15-28-25(31)19(3)29(17-21-22(26)8-6-9-23(21)27)24(30)10-7-16-32-20-13-11-18(2)12-14-20/h6,8-9,11-14,19H,4-5,7,10,15-17H2,1-3H3,(H,28,31). The Hall–Kier alpha value is -2.24. The van der Waals surface area contributed by atoms with Crippen LogP contribution in [0.3, 0.4) is 0 Å². The molecule has 0 radical (unpaired) electrons. The number of nitrogens with zero attached hydrogens (tertiary/aromatic N) is 1. The van der Waals surface area contributed by atoms with E-state index in [2.05, 4.69) is 12.2 Å². The molecule has 1 N–H and O–H groups in total. The first-order valence-corrected chi connectivity index (χ1v) is 11.8. The Balaban J connectivity index is 2.03. The van der Waals surface area contributed by atoms with Crippen molar-refractivity contribution in [3.63, 3.8) is 0 Å². The van der Waals surface area contributed by atoms with Gasteiger partial charge < -0.3 is 15.0 Å². The average Bonchev–Trinajstić information content (AvgIpc) is 2.77. The Kier molecular flexibility index (Phi) is 10.8. The van der Waals surface area contributed by atoms with E-state index in [4.69, 9.17) is 27.9 Å². The van der Waals surface area contributed by atoms with Gasteiger partial charge in [-0.1, -0.05) is 60.3 Å². The van der Waals surface area contributed by atoms with Gasteiger partial charge in [-0.25, -0.2) is 0 Å². The van der Waals surface area contributed by atoms with Crippen LogP contribution >= 0.6 is 23.2 Å². The maximum atomic E-state index is 13.1. The minimum atomic E-state index is -0.648. The van der Waals surface area contributed by atoms with Crippen LogP contribution in [0, 0.1) is 6.92 Å². The molecule has 1 atom stereocenters. The zero-order chi connectivity index (χ0) is 23.5. The Morgan fingerprint density at radius 1 is 1.06 bits per heavy atom. The van der Waals surface area contributed by atoms with Crippen molar-refractivity contribution < 1.29 is 14.3 Å². The van der Waals surface area contributed by atoms with Crippen LogP contribution in [0.5, 0.6) is 5.75 Å². The van der Waals surface area contributed by atoms with E-state index >= 15 is 0 Å². The summed E-state index contributed by atoms with van der Waals surface area (Å²) < 4.78 is 5.73. The maximum Gasteiger partial charge on any atom is 0.242 e. The number of halogens is 2. The van der Waals surface area contributed by atoms with Gasteiger partial charge in [0.2, 0.25) is 11.8 Å². The minimum absolute atomic E-state index is 0.147. The van der Waals surface area contributed by atoms with Crippen molar-refractivity contribution in [2.45, 2.75) is 59.0 Å². The molecule has 0 aliphatic heterocycles. The molecule has 0 heterocycles. The van der Waals surface area contributed by atoms with E-state index in [0.717, 1.165) is 24.2 Å². The van der Waals surface area contributed by atoms with Gasteiger partial charge in [0.1, 0.15) is 11.8 Å². The molecule has 2 rings (SSSR count). The first-order chi connectivity index (χ1) is 15.3. The predicted octanol–water partition coefficient (Wildman–Crippen LogP) is 5.79. The Morgan fingerprint density at radius 3 is 2.34 bits per heavy atom. The van der Waals surface area contributed by atoms with Crippen molar-refractivity contribution in [2.75, 3.05) is 13.2 Å². The van der Waals surface area contributed by atoms with Crippen molar-refractivity contribution in [1.82, 2.24) is 10.2 Å². The van der Waals surface area contributed by atoms with E-state index in [1.807, 2.05) is 31.2 Å². The first kappa shape index (κ1) is 26.0. The van der Waals surface area contributed by atoms with E-state index in [1.54, 1.807) is 30.0 Å². The van der Waals surface area contributed by atoms with E-state index in [0.29, 0.717) is 35.2 Å². The number of ether oxygens (including phenoxy) is 1. The second-order valence-electron chi connectivity index (χ2n) is 7.81. The van der Waals surface area contributed by atoms with Gasteiger partial charge in [-0.3, -0.25) is 9.59 Å². The summed E-state index contributed by atoms with van der Waals surface area (Å²) in [5, 5.41) is 3.84. The SMILES string of the molecule is CCCCNC(=O)C(C)N(Cc1c(Cl)cccc1Cl)C(=O)CCCOc1ccc(C)cc1. The molecule has 1 unspecified atom stereocenters. The molecule has 0 saturated carbocycles. The largest absolute Gasteiger partial charge is 0.494 e. The van der Waals surface area contributed by atoms with Crippen LogP contribution < -0.4 is 10.1 Å². The van der Waals surface area contributed by atoms with Gasteiger partial charge in [-0.2, -0.15) is 0 Å². The summed E-state index contributed by atoms with van der Waals surface area (Å²) in [7, 11) is 0. The molecule has 0 bridgehead atoms. The number of unbranched alkanes of at least 4 members (excludes halogenated alkanes) is 1. The lowest BCUT2D eigenvalue weighted by Gasteiger charge is -2.29. The highest BCUT2D eigenvalue weighted by Gasteiger charge is 2.27. The fraction of sp³-hybridized carbons (Fsp3) is 0.440. The lowest BCUT2D eigenvalue weighted by atomic mass is 10.1. The quantitative estimate of drug-likeness (QED) is 0.392. The molecule has 0 aliphatic carbocycles. The van der Waals surface area contributed by atoms with Crippen molar-refractivity contribution in [1.29, 1.82) is 0 Å². The molecule has 174 valence electrons. The predicted molar refractivity (Wildman–Crippen MR) is 130 cm³/mol. The van der Waals surface area contributed by atoms with E-state index in [-0.39, 0.29) is 24.8 Å². The molecule has 2 aromatic carbocycles. The van der Waals surface area contributed by atoms with Crippen LogP contribution in [-0.4, -0.2) is 35.9 Å². The van der Waals surface area contributed by atoms with Crippen LogP contribution in [-0.2, 0) is 16.1 Å². The van der Waals surface area contributed by atoms with Crippen LogP contribution in [0.1, 0.15) is 50.7 Å². The summed E-state index contributed by atoms with van der Waals surface area (Å²) in [6, 6.07) is 12.3. The highest BCUT2D eigenvalue weighted by atomic mass is 35.5. The molecule has 0 aromatic heterocycles. The molecular formula is C25H32Cl2N2O3. The third-order valence-electron chi connectivity index (χ3n) is 5.21. The molecule has 2 aromatic rings. The average molecular weight is 479 g/mol. The fourth-order valence-corrected chi connectivity index (χ4v) is 3.68. The number of hydrogen-bond donors (Lipinski definition) is 1. The van der Waals surface area contributed by atoms with Gasteiger partial charge in [0, 0.05) is 35.1 Å². The smallest absolute Gasteiger partial charge is 0.242 e. The van der Waals surface area contributed by atoms with Crippen molar-refractivity contribution in [3.05, 3.63) is 63.6 Å². The van der Waals surface area contributed by atoms with Crippen LogP contribution in [0.15, 0.2) is 42.5 Å². The Morgan fingerprint density at radius 2 is 1.72 bits per heavy atom. The molecule has 32 heavy (non-hydrogen) atoms. The lowest BCUT2D eigenvalue weighted by molar-refractivity contribution is -0.140. The normalized spacial score (nSPS) is 11.7. The summed E-state index contributed by atoms with van der Waals surface area (Å²) in [5.41, 5.74) is 1.79. The molecule has 7 heteroatoms. The number of carbonyl (C=O) groups is 2. The van der Waals surface area contributed by atoms with Crippen molar-refractivity contribution in [3.8, 4) is 5.75 Å². The summed E-state index contributed by atoms with van der Waals surface area (Å²) >= 11 is 12.7. The van der Waals surface area contributed by atoms with Gasteiger partial charge in [0.25, 0.3) is 0 Å². The molecule has 5 nitrogen and oxygen atoms in total. The summed E-state index contributed by atoms with van der Waals surface area (Å²) in [6.45, 7) is 6.96. The van der Waals surface area contributed by atoms with E-state index < -0.39 is 6.04 Å².